The monoisotopic (exact) mass is 426 g/mol. The number of carbonyl (C=O) groups is 2. The second kappa shape index (κ2) is 11.5. The van der Waals surface area contributed by atoms with Gasteiger partial charge < -0.3 is 19.5 Å². The van der Waals surface area contributed by atoms with Gasteiger partial charge in [-0.25, -0.2) is 4.79 Å². The van der Waals surface area contributed by atoms with Gasteiger partial charge in [0.2, 0.25) is 0 Å². The second-order valence-corrected chi connectivity index (χ2v) is 7.58. The van der Waals surface area contributed by atoms with E-state index in [-0.39, 0.29) is 18.5 Å². The van der Waals surface area contributed by atoms with Crippen molar-refractivity contribution < 1.29 is 24.2 Å². The third kappa shape index (κ3) is 6.80. The van der Waals surface area contributed by atoms with E-state index >= 15 is 0 Å². The maximum Gasteiger partial charge on any atom is 0.338 e. The number of hydrogen-bond acceptors (Lipinski definition) is 6. The van der Waals surface area contributed by atoms with Crippen molar-refractivity contribution in [2.45, 2.75) is 19.4 Å². The van der Waals surface area contributed by atoms with Crippen LogP contribution < -0.4 is 4.74 Å². The Labute approximate surface area is 183 Å². The third-order valence-electron chi connectivity index (χ3n) is 5.12. The Balaban J connectivity index is 1.38. The minimum atomic E-state index is -0.648. The largest absolute Gasteiger partial charge is 0.491 e. The first kappa shape index (κ1) is 22.8. The van der Waals surface area contributed by atoms with Crippen molar-refractivity contribution in [3.8, 4) is 5.75 Å². The molecule has 166 valence electrons. The van der Waals surface area contributed by atoms with E-state index < -0.39 is 6.10 Å². The van der Waals surface area contributed by atoms with Crippen molar-refractivity contribution in [3.05, 3.63) is 65.7 Å². The fourth-order valence-electron chi connectivity index (χ4n) is 3.41. The minimum absolute atomic E-state index is 0.0474. The summed E-state index contributed by atoms with van der Waals surface area (Å²) in [5.41, 5.74) is 1.18. The molecule has 2 aromatic rings. The van der Waals surface area contributed by atoms with Gasteiger partial charge in [-0.3, -0.25) is 9.69 Å². The van der Waals surface area contributed by atoms with Crippen molar-refractivity contribution >= 4 is 11.9 Å². The van der Waals surface area contributed by atoms with Crippen LogP contribution in [0.5, 0.6) is 5.75 Å². The lowest BCUT2D eigenvalue weighted by Gasteiger charge is -2.35. The number of amides is 1. The van der Waals surface area contributed by atoms with Crippen LogP contribution in [0.4, 0.5) is 0 Å². The Morgan fingerprint density at radius 2 is 1.65 bits per heavy atom. The fraction of sp³-hybridized carbons (Fsp3) is 0.417. The van der Waals surface area contributed by atoms with Crippen molar-refractivity contribution in [2.75, 3.05) is 45.9 Å². The smallest absolute Gasteiger partial charge is 0.338 e. The van der Waals surface area contributed by atoms with Gasteiger partial charge in [-0.15, -0.1) is 0 Å². The van der Waals surface area contributed by atoms with Crippen LogP contribution in [0.2, 0.25) is 0 Å². The van der Waals surface area contributed by atoms with E-state index in [4.69, 9.17) is 9.47 Å². The van der Waals surface area contributed by atoms with Gasteiger partial charge in [-0.1, -0.05) is 25.1 Å². The molecule has 1 amide bonds. The molecule has 1 saturated heterocycles. The van der Waals surface area contributed by atoms with Gasteiger partial charge in [0, 0.05) is 38.3 Å². The maximum absolute atomic E-state index is 12.5. The van der Waals surface area contributed by atoms with Crippen molar-refractivity contribution in [2.24, 2.45) is 0 Å². The van der Waals surface area contributed by atoms with Crippen LogP contribution in [0.15, 0.2) is 54.6 Å². The van der Waals surface area contributed by atoms with Crippen LogP contribution in [0, 0.1) is 0 Å². The summed E-state index contributed by atoms with van der Waals surface area (Å²) in [7, 11) is 0. The topological polar surface area (TPSA) is 79.3 Å². The van der Waals surface area contributed by atoms with Gasteiger partial charge in [0.15, 0.2) is 0 Å². The maximum atomic E-state index is 12.5. The summed E-state index contributed by atoms with van der Waals surface area (Å²) in [6, 6.07) is 16.0. The lowest BCUT2D eigenvalue weighted by Crippen LogP contribution is -2.50. The number of β-amino-alcohol motifs (C(OH)–C–C–N with tert-alkyl or cyclic N) is 1. The summed E-state index contributed by atoms with van der Waals surface area (Å²) in [4.78, 5) is 28.3. The van der Waals surface area contributed by atoms with Gasteiger partial charge in [-0.05, 0) is 42.8 Å². The average molecular weight is 427 g/mol. The van der Waals surface area contributed by atoms with Crippen molar-refractivity contribution in [3.63, 3.8) is 0 Å². The van der Waals surface area contributed by atoms with Gasteiger partial charge in [0.05, 0.1) is 12.2 Å². The Bertz CT molecular complexity index is 833. The number of nitrogens with zero attached hydrogens (tertiary/aromatic N) is 2. The zero-order chi connectivity index (χ0) is 22.1. The molecular formula is C24H30N2O5. The molecule has 1 aliphatic rings. The van der Waals surface area contributed by atoms with E-state index in [1.165, 1.54) is 0 Å². The number of rotatable bonds is 9. The molecule has 3 rings (SSSR count). The molecule has 0 unspecified atom stereocenters. The van der Waals surface area contributed by atoms with E-state index in [0.717, 1.165) is 6.42 Å². The van der Waals surface area contributed by atoms with Crippen LogP contribution in [0.3, 0.4) is 0 Å². The SMILES string of the molecule is CCCOC(=O)c1ccc(OC[C@H](O)CN2CCN(C(=O)c3ccccc3)CC2)cc1. The van der Waals surface area contributed by atoms with Crippen molar-refractivity contribution in [1.82, 2.24) is 9.80 Å². The molecule has 31 heavy (non-hydrogen) atoms. The number of hydrogen-bond donors (Lipinski definition) is 1. The molecular weight excluding hydrogens is 396 g/mol. The molecule has 1 fully saturated rings. The molecule has 0 aromatic heterocycles. The van der Waals surface area contributed by atoms with E-state index in [2.05, 4.69) is 4.90 Å². The lowest BCUT2D eigenvalue weighted by molar-refractivity contribution is 0.0402. The van der Waals surface area contributed by atoms with Crippen LogP contribution in [-0.4, -0.2) is 78.8 Å². The van der Waals surface area contributed by atoms with E-state index in [9.17, 15) is 14.7 Å². The lowest BCUT2D eigenvalue weighted by atomic mass is 10.2. The Hall–Kier alpha value is -2.90. The molecule has 7 heteroatoms. The van der Waals surface area contributed by atoms with Crippen molar-refractivity contribution in [1.29, 1.82) is 0 Å². The zero-order valence-corrected chi connectivity index (χ0v) is 17.9. The molecule has 7 nitrogen and oxygen atoms in total. The Morgan fingerprint density at radius 1 is 0.968 bits per heavy atom. The normalized spacial score (nSPS) is 15.4. The molecule has 0 bridgehead atoms. The first-order chi connectivity index (χ1) is 15.1. The number of ether oxygens (including phenoxy) is 2. The Kier molecular flexibility index (Phi) is 8.44. The first-order valence-electron chi connectivity index (χ1n) is 10.7. The summed E-state index contributed by atoms with van der Waals surface area (Å²) in [6.45, 7) is 5.68. The number of esters is 1. The summed E-state index contributed by atoms with van der Waals surface area (Å²) >= 11 is 0. The standard InChI is InChI=1S/C24H30N2O5/c1-2-16-30-24(29)20-8-10-22(11-9-20)31-18-21(27)17-25-12-14-26(15-13-25)23(28)19-6-4-3-5-7-19/h3-11,21,27H,2,12-18H2,1H3/t21-/m1/s1. The quantitative estimate of drug-likeness (QED) is 0.621. The van der Waals surface area contributed by atoms with E-state index in [1.807, 2.05) is 42.2 Å². The summed E-state index contributed by atoms with van der Waals surface area (Å²) in [5, 5.41) is 10.3. The fourth-order valence-corrected chi connectivity index (χ4v) is 3.41. The van der Waals surface area contributed by atoms with E-state index in [1.54, 1.807) is 24.3 Å². The molecule has 1 aliphatic heterocycles. The van der Waals surface area contributed by atoms with Crippen LogP contribution >= 0.6 is 0 Å². The third-order valence-corrected chi connectivity index (χ3v) is 5.12. The van der Waals surface area contributed by atoms with Gasteiger partial charge in [-0.2, -0.15) is 0 Å². The molecule has 1 N–H and O–H groups in total. The molecule has 1 heterocycles. The second-order valence-electron chi connectivity index (χ2n) is 7.58. The molecule has 2 aromatic carbocycles. The molecule has 0 saturated carbocycles. The summed E-state index contributed by atoms with van der Waals surface area (Å²) < 4.78 is 10.7. The number of aliphatic hydroxyl groups excluding tert-OH is 1. The molecule has 0 aliphatic carbocycles. The molecule has 0 radical (unpaired) electrons. The van der Waals surface area contributed by atoms with Crippen LogP contribution in [0.25, 0.3) is 0 Å². The number of piperazine rings is 1. The number of benzene rings is 2. The highest BCUT2D eigenvalue weighted by molar-refractivity contribution is 5.94. The van der Waals surface area contributed by atoms with Gasteiger partial charge >= 0.3 is 5.97 Å². The molecule has 0 spiro atoms. The predicted octanol–water partition coefficient (Wildman–Crippen LogP) is 2.45. The number of carbonyl (C=O) groups excluding carboxylic acids is 2. The highest BCUT2D eigenvalue weighted by Gasteiger charge is 2.23. The number of aliphatic hydroxyl groups is 1. The van der Waals surface area contributed by atoms with Gasteiger partial charge in [0.25, 0.3) is 5.91 Å². The summed E-state index contributed by atoms with van der Waals surface area (Å²) in [6.07, 6.45) is 0.133. The van der Waals surface area contributed by atoms with Crippen LogP contribution in [-0.2, 0) is 4.74 Å². The highest BCUT2D eigenvalue weighted by atomic mass is 16.5. The minimum Gasteiger partial charge on any atom is -0.491 e. The summed E-state index contributed by atoms with van der Waals surface area (Å²) in [5.74, 6) is 0.286. The predicted molar refractivity (Wildman–Crippen MR) is 117 cm³/mol. The zero-order valence-electron chi connectivity index (χ0n) is 17.9. The first-order valence-corrected chi connectivity index (χ1v) is 10.7. The highest BCUT2D eigenvalue weighted by Crippen LogP contribution is 2.14. The Morgan fingerprint density at radius 3 is 2.29 bits per heavy atom. The van der Waals surface area contributed by atoms with Gasteiger partial charge in [0.1, 0.15) is 18.5 Å². The molecule has 1 atom stereocenters. The van der Waals surface area contributed by atoms with E-state index in [0.29, 0.717) is 56.2 Å². The average Bonchev–Trinajstić information content (AvgIpc) is 2.82. The van der Waals surface area contributed by atoms with Crippen LogP contribution in [0.1, 0.15) is 34.1 Å².